The molecule has 0 bridgehead atoms. The Morgan fingerprint density at radius 3 is 2.45 bits per heavy atom. The van der Waals surface area contributed by atoms with Crippen molar-refractivity contribution in [2.75, 3.05) is 6.61 Å². The van der Waals surface area contributed by atoms with Crippen LogP contribution in [0.1, 0.15) is 52.1 Å². The van der Waals surface area contributed by atoms with Gasteiger partial charge in [-0.15, -0.1) is 0 Å². The molecule has 3 N–H and O–H groups in total. The van der Waals surface area contributed by atoms with Crippen LogP contribution < -0.4 is 15.8 Å². The van der Waals surface area contributed by atoms with Crippen LogP contribution in [-0.4, -0.2) is 18.1 Å². The largest absolute Gasteiger partial charge is 0.494 e. The van der Waals surface area contributed by atoms with Crippen molar-refractivity contribution in [1.29, 1.82) is 0 Å². The summed E-state index contributed by atoms with van der Waals surface area (Å²) >= 11 is 0. The molecule has 0 aliphatic carbocycles. The highest BCUT2D eigenvalue weighted by Crippen LogP contribution is 2.19. The fourth-order valence-electron chi connectivity index (χ4n) is 2.10. The molecule has 0 heterocycles. The molecule has 1 rings (SSSR count). The second-order valence-electron chi connectivity index (χ2n) is 5.36. The Morgan fingerprint density at radius 1 is 1.35 bits per heavy atom. The van der Waals surface area contributed by atoms with Gasteiger partial charge in [0.1, 0.15) is 5.75 Å². The van der Waals surface area contributed by atoms with Crippen molar-refractivity contribution >= 4 is 5.91 Å². The van der Waals surface area contributed by atoms with Crippen LogP contribution in [0.3, 0.4) is 0 Å². The highest BCUT2D eigenvalue weighted by molar-refractivity contribution is 5.85. The van der Waals surface area contributed by atoms with Gasteiger partial charge in [-0.25, -0.2) is 0 Å². The summed E-state index contributed by atoms with van der Waals surface area (Å²) in [6.45, 7) is 8.35. The number of hydrogen-bond donors (Lipinski definition) is 2. The molecule has 0 spiro atoms. The SMILES string of the molecule is CCCC(C)(N)C(=O)NC(C)c1ccc(OCC)cc1. The lowest BCUT2D eigenvalue weighted by molar-refractivity contribution is -0.126. The summed E-state index contributed by atoms with van der Waals surface area (Å²) in [4.78, 5) is 12.1. The third kappa shape index (κ3) is 4.53. The van der Waals surface area contributed by atoms with Gasteiger partial charge in [-0.3, -0.25) is 4.79 Å². The first-order chi connectivity index (χ1) is 9.40. The summed E-state index contributed by atoms with van der Waals surface area (Å²) < 4.78 is 5.40. The van der Waals surface area contributed by atoms with E-state index in [1.165, 1.54) is 0 Å². The first-order valence-electron chi connectivity index (χ1n) is 7.23. The van der Waals surface area contributed by atoms with Crippen LogP contribution in [0.25, 0.3) is 0 Å². The zero-order valence-corrected chi connectivity index (χ0v) is 12.9. The average Bonchev–Trinajstić information content (AvgIpc) is 2.39. The zero-order chi connectivity index (χ0) is 15.2. The van der Waals surface area contributed by atoms with Crippen molar-refractivity contribution in [3.8, 4) is 5.75 Å². The van der Waals surface area contributed by atoms with E-state index in [1.54, 1.807) is 6.92 Å². The number of hydrogen-bond acceptors (Lipinski definition) is 3. The molecule has 0 saturated heterocycles. The van der Waals surface area contributed by atoms with Crippen LogP contribution in [0.2, 0.25) is 0 Å². The van der Waals surface area contributed by atoms with Gasteiger partial charge in [-0.2, -0.15) is 0 Å². The minimum atomic E-state index is -0.811. The summed E-state index contributed by atoms with van der Waals surface area (Å²) in [5.74, 6) is 0.727. The summed E-state index contributed by atoms with van der Waals surface area (Å²) in [6, 6.07) is 7.68. The molecule has 1 aromatic carbocycles. The maximum Gasteiger partial charge on any atom is 0.240 e. The van der Waals surface area contributed by atoms with E-state index in [9.17, 15) is 4.79 Å². The Labute approximate surface area is 121 Å². The zero-order valence-electron chi connectivity index (χ0n) is 12.9. The van der Waals surface area contributed by atoms with Crippen molar-refractivity contribution in [2.45, 2.75) is 52.1 Å². The minimum absolute atomic E-state index is 0.0714. The maximum atomic E-state index is 12.1. The Hall–Kier alpha value is -1.55. The molecule has 0 aliphatic rings. The highest BCUT2D eigenvalue weighted by Gasteiger charge is 2.28. The molecule has 2 atom stereocenters. The quantitative estimate of drug-likeness (QED) is 0.806. The fraction of sp³-hybridized carbons (Fsp3) is 0.562. The van der Waals surface area contributed by atoms with Gasteiger partial charge >= 0.3 is 0 Å². The molecule has 0 aromatic heterocycles. The number of nitrogens with one attached hydrogen (secondary N) is 1. The van der Waals surface area contributed by atoms with Gasteiger partial charge in [0.15, 0.2) is 0 Å². The summed E-state index contributed by atoms with van der Waals surface area (Å²) in [7, 11) is 0. The van der Waals surface area contributed by atoms with E-state index < -0.39 is 5.54 Å². The predicted molar refractivity (Wildman–Crippen MR) is 81.7 cm³/mol. The van der Waals surface area contributed by atoms with E-state index in [0.29, 0.717) is 13.0 Å². The normalized spacial score (nSPS) is 15.2. The molecule has 0 saturated carbocycles. The van der Waals surface area contributed by atoms with E-state index in [-0.39, 0.29) is 11.9 Å². The van der Waals surface area contributed by atoms with Crippen molar-refractivity contribution < 1.29 is 9.53 Å². The fourth-order valence-corrected chi connectivity index (χ4v) is 2.10. The minimum Gasteiger partial charge on any atom is -0.494 e. The third-order valence-corrected chi connectivity index (χ3v) is 3.33. The average molecular weight is 278 g/mol. The molecule has 0 aliphatic heterocycles. The van der Waals surface area contributed by atoms with Gasteiger partial charge in [-0.1, -0.05) is 25.5 Å². The molecular weight excluding hydrogens is 252 g/mol. The number of amides is 1. The van der Waals surface area contributed by atoms with Crippen molar-refractivity contribution in [2.24, 2.45) is 5.73 Å². The van der Waals surface area contributed by atoms with Gasteiger partial charge in [0.05, 0.1) is 18.2 Å². The number of ether oxygens (including phenoxy) is 1. The smallest absolute Gasteiger partial charge is 0.240 e. The van der Waals surface area contributed by atoms with Crippen LogP contribution in [0.4, 0.5) is 0 Å². The molecule has 20 heavy (non-hydrogen) atoms. The van der Waals surface area contributed by atoms with Gasteiger partial charge in [-0.05, 0) is 44.9 Å². The number of benzene rings is 1. The van der Waals surface area contributed by atoms with Gasteiger partial charge in [0.25, 0.3) is 0 Å². The standard InChI is InChI=1S/C16H26N2O2/c1-5-11-16(4,17)15(19)18-12(3)13-7-9-14(10-8-13)20-6-2/h7-10,12H,5-6,11,17H2,1-4H3,(H,18,19). The molecule has 112 valence electrons. The lowest BCUT2D eigenvalue weighted by Gasteiger charge is -2.25. The van der Waals surface area contributed by atoms with Gasteiger partial charge in [0.2, 0.25) is 5.91 Å². The van der Waals surface area contributed by atoms with Crippen molar-refractivity contribution in [3.63, 3.8) is 0 Å². The molecule has 0 fully saturated rings. The van der Waals surface area contributed by atoms with Gasteiger partial charge in [0, 0.05) is 0 Å². The van der Waals surface area contributed by atoms with Crippen LogP contribution in [-0.2, 0) is 4.79 Å². The van der Waals surface area contributed by atoms with E-state index in [2.05, 4.69) is 5.32 Å². The second-order valence-corrected chi connectivity index (χ2v) is 5.36. The van der Waals surface area contributed by atoms with Gasteiger partial charge < -0.3 is 15.8 Å². The van der Waals surface area contributed by atoms with E-state index >= 15 is 0 Å². The summed E-state index contributed by atoms with van der Waals surface area (Å²) in [5.41, 5.74) is 6.25. The molecule has 0 radical (unpaired) electrons. The number of nitrogens with two attached hydrogens (primary N) is 1. The lowest BCUT2D eigenvalue weighted by atomic mass is 9.95. The Balaban J connectivity index is 2.66. The maximum absolute atomic E-state index is 12.1. The Kier molecular flexibility index (Phi) is 6.02. The molecule has 4 heteroatoms. The molecule has 4 nitrogen and oxygen atoms in total. The number of rotatable bonds is 7. The van der Waals surface area contributed by atoms with Crippen molar-refractivity contribution in [1.82, 2.24) is 5.32 Å². The first-order valence-corrected chi connectivity index (χ1v) is 7.23. The van der Waals surface area contributed by atoms with Crippen molar-refractivity contribution in [3.05, 3.63) is 29.8 Å². The number of carbonyl (C=O) groups is 1. The van der Waals surface area contributed by atoms with Crippen LogP contribution in [0.5, 0.6) is 5.75 Å². The van der Waals surface area contributed by atoms with E-state index in [4.69, 9.17) is 10.5 Å². The third-order valence-electron chi connectivity index (χ3n) is 3.33. The van der Waals surface area contributed by atoms with E-state index in [0.717, 1.165) is 17.7 Å². The summed E-state index contributed by atoms with van der Waals surface area (Å²) in [6.07, 6.45) is 1.56. The second kappa shape index (κ2) is 7.29. The molecule has 2 unspecified atom stereocenters. The first kappa shape index (κ1) is 16.5. The Bertz CT molecular complexity index is 427. The lowest BCUT2D eigenvalue weighted by Crippen LogP contribution is -2.51. The molecule has 1 aromatic rings. The summed E-state index contributed by atoms with van der Waals surface area (Å²) in [5, 5.41) is 2.97. The predicted octanol–water partition coefficient (Wildman–Crippen LogP) is 2.78. The Morgan fingerprint density at radius 2 is 1.95 bits per heavy atom. The number of carbonyl (C=O) groups excluding carboxylic acids is 1. The monoisotopic (exact) mass is 278 g/mol. The highest BCUT2D eigenvalue weighted by atomic mass is 16.5. The van der Waals surface area contributed by atoms with Crippen LogP contribution in [0.15, 0.2) is 24.3 Å². The topological polar surface area (TPSA) is 64.4 Å². The van der Waals surface area contributed by atoms with Crippen LogP contribution in [0, 0.1) is 0 Å². The van der Waals surface area contributed by atoms with E-state index in [1.807, 2.05) is 45.0 Å². The molecular formula is C16H26N2O2. The van der Waals surface area contributed by atoms with Crippen LogP contribution >= 0.6 is 0 Å². The molecule has 1 amide bonds.